The van der Waals surface area contributed by atoms with Crippen LogP contribution in [0.4, 0.5) is 0 Å². The van der Waals surface area contributed by atoms with Crippen LogP contribution in [0.25, 0.3) is 6.08 Å². The Morgan fingerprint density at radius 2 is 2.12 bits per heavy atom. The van der Waals surface area contributed by atoms with Gasteiger partial charge in [-0.05, 0) is 30.3 Å². The van der Waals surface area contributed by atoms with Crippen LogP contribution in [-0.2, 0) is 0 Å². The molecule has 0 bridgehead atoms. The molecular weight excluding hydrogens is 240 g/mol. The molecule has 0 radical (unpaired) electrons. The van der Waals surface area contributed by atoms with E-state index < -0.39 is 0 Å². The van der Waals surface area contributed by atoms with Gasteiger partial charge in [0.2, 0.25) is 5.78 Å². The van der Waals surface area contributed by atoms with E-state index in [1.54, 1.807) is 36.4 Å². The summed E-state index contributed by atoms with van der Waals surface area (Å²) in [7, 11) is 0. The third-order valence-corrected chi connectivity index (χ3v) is 2.68. The van der Waals surface area contributed by atoms with Gasteiger partial charge in [-0.15, -0.1) is 0 Å². The molecule has 0 N–H and O–H groups in total. The second-order valence-electron chi connectivity index (χ2n) is 3.60. The summed E-state index contributed by atoms with van der Waals surface area (Å²) in [6, 6.07) is 8.46. The van der Waals surface area contributed by atoms with Crippen LogP contribution in [0.3, 0.4) is 0 Å². The summed E-state index contributed by atoms with van der Waals surface area (Å²) in [5, 5.41) is 0.514. The van der Waals surface area contributed by atoms with Crippen LogP contribution in [0.15, 0.2) is 46.8 Å². The minimum atomic E-state index is -0.182. The van der Waals surface area contributed by atoms with E-state index in [-0.39, 0.29) is 11.5 Å². The molecule has 1 aliphatic heterocycles. The normalized spacial score (nSPS) is 16.1. The zero-order chi connectivity index (χ0) is 11.8. The smallest absolute Gasteiger partial charge is 0.232 e. The van der Waals surface area contributed by atoms with Crippen LogP contribution < -0.4 is 4.74 Å². The first kappa shape index (κ1) is 10.2. The van der Waals surface area contributed by atoms with Crippen molar-refractivity contribution in [3.05, 3.63) is 58.7 Å². The van der Waals surface area contributed by atoms with E-state index in [1.807, 2.05) is 0 Å². The molecule has 2 aromatic rings. The SMILES string of the molecule is O=C1/C(=C/c2ccco2)Oc2ccc(Cl)cc21. The van der Waals surface area contributed by atoms with Gasteiger partial charge >= 0.3 is 0 Å². The van der Waals surface area contributed by atoms with Crippen LogP contribution in [0, 0.1) is 0 Å². The number of benzene rings is 1. The number of halogens is 1. The number of furan rings is 1. The van der Waals surface area contributed by atoms with Crippen molar-refractivity contribution in [3.63, 3.8) is 0 Å². The van der Waals surface area contributed by atoms with Gasteiger partial charge in [-0.25, -0.2) is 0 Å². The van der Waals surface area contributed by atoms with Crippen LogP contribution in [0.5, 0.6) is 5.75 Å². The first-order valence-corrected chi connectivity index (χ1v) is 5.39. The summed E-state index contributed by atoms with van der Waals surface area (Å²) >= 11 is 5.83. The van der Waals surface area contributed by atoms with E-state index in [9.17, 15) is 4.79 Å². The van der Waals surface area contributed by atoms with Gasteiger partial charge in [0.15, 0.2) is 5.76 Å². The molecule has 17 heavy (non-hydrogen) atoms. The number of hydrogen-bond acceptors (Lipinski definition) is 3. The second kappa shape index (κ2) is 3.79. The minimum Gasteiger partial charge on any atom is -0.465 e. The Morgan fingerprint density at radius 1 is 1.24 bits per heavy atom. The Morgan fingerprint density at radius 3 is 2.88 bits per heavy atom. The lowest BCUT2D eigenvalue weighted by atomic mass is 10.1. The number of ether oxygens (including phenoxy) is 1. The van der Waals surface area contributed by atoms with Gasteiger partial charge < -0.3 is 9.15 Å². The highest BCUT2D eigenvalue weighted by atomic mass is 35.5. The lowest BCUT2D eigenvalue weighted by Crippen LogP contribution is -1.97. The molecule has 0 amide bonds. The predicted octanol–water partition coefficient (Wildman–Crippen LogP) is 3.55. The molecule has 84 valence electrons. The third-order valence-electron chi connectivity index (χ3n) is 2.45. The third kappa shape index (κ3) is 1.74. The number of carbonyl (C=O) groups is 1. The molecular formula is C13H7ClO3. The minimum absolute atomic E-state index is 0.182. The molecule has 1 aromatic carbocycles. The molecule has 0 saturated heterocycles. The highest BCUT2D eigenvalue weighted by Gasteiger charge is 2.27. The Labute approximate surface area is 102 Å². The van der Waals surface area contributed by atoms with E-state index in [1.165, 1.54) is 6.26 Å². The van der Waals surface area contributed by atoms with Gasteiger partial charge in [-0.1, -0.05) is 11.6 Å². The van der Waals surface area contributed by atoms with Gasteiger partial charge in [-0.2, -0.15) is 0 Å². The summed E-state index contributed by atoms with van der Waals surface area (Å²) in [4.78, 5) is 12.0. The number of allylic oxidation sites excluding steroid dienone is 1. The Balaban J connectivity index is 2.02. The topological polar surface area (TPSA) is 39.4 Å². The van der Waals surface area contributed by atoms with Gasteiger partial charge in [0.05, 0.1) is 11.8 Å². The molecule has 2 heterocycles. The standard InChI is InChI=1S/C13H7ClO3/c14-8-3-4-11-10(6-8)13(15)12(17-11)7-9-2-1-5-16-9/h1-7H/b12-7-. The molecule has 4 heteroatoms. The number of ketones is 1. The van der Waals surface area contributed by atoms with Crippen LogP contribution in [-0.4, -0.2) is 5.78 Å². The molecule has 0 atom stereocenters. The summed E-state index contributed by atoms with van der Waals surface area (Å²) in [5.74, 6) is 1.17. The molecule has 0 spiro atoms. The predicted molar refractivity (Wildman–Crippen MR) is 63.1 cm³/mol. The lowest BCUT2D eigenvalue weighted by Gasteiger charge is -1.96. The van der Waals surface area contributed by atoms with Gasteiger partial charge in [-0.3, -0.25) is 4.79 Å². The second-order valence-corrected chi connectivity index (χ2v) is 4.03. The van der Waals surface area contributed by atoms with Crippen molar-refractivity contribution in [2.45, 2.75) is 0 Å². The fraction of sp³-hybridized carbons (Fsp3) is 0. The summed E-state index contributed by atoms with van der Waals surface area (Å²) in [5.41, 5.74) is 0.482. The average Bonchev–Trinajstić information content (AvgIpc) is 2.91. The first-order valence-electron chi connectivity index (χ1n) is 5.01. The quantitative estimate of drug-likeness (QED) is 0.723. The molecule has 1 aromatic heterocycles. The average molecular weight is 247 g/mol. The number of carbonyl (C=O) groups excluding carboxylic acids is 1. The van der Waals surface area contributed by atoms with Crippen molar-refractivity contribution >= 4 is 23.5 Å². The molecule has 0 aliphatic carbocycles. The summed E-state index contributed by atoms with van der Waals surface area (Å²) in [6.45, 7) is 0. The van der Waals surface area contributed by atoms with Gasteiger partial charge in [0, 0.05) is 11.1 Å². The highest BCUT2D eigenvalue weighted by molar-refractivity contribution is 6.31. The number of Topliss-reactive ketones (excluding diaryl/α,β-unsaturated/α-hetero) is 1. The van der Waals surface area contributed by atoms with Crippen molar-refractivity contribution < 1.29 is 13.9 Å². The van der Waals surface area contributed by atoms with Crippen molar-refractivity contribution in [2.75, 3.05) is 0 Å². The molecule has 0 fully saturated rings. The van der Waals surface area contributed by atoms with E-state index in [4.69, 9.17) is 20.8 Å². The van der Waals surface area contributed by atoms with E-state index in [0.29, 0.717) is 22.1 Å². The largest absolute Gasteiger partial charge is 0.465 e. The fourth-order valence-corrected chi connectivity index (χ4v) is 1.84. The van der Waals surface area contributed by atoms with Crippen LogP contribution >= 0.6 is 11.6 Å². The van der Waals surface area contributed by atoms with Gasteiger partial charge in [0.25, 0.3) is 0 Å². The molecule has 0 unspecified atom stereocenters. The van der Waals surface area contributed by atoms with E-state index in [0.717, 1.165) is 0 Å². The van der Waals surface area contributed by atoms with Crippen LogP contribution in [0.2, 0.25) is 5.02 Å². The van der Waals surface area contributed by atoms with Crippen molar-refractivity contribution in [1.82, 2.24) is 0 Å². The van der Waals surface area contributed by atoms with Crippen LogP contribution in [0.1, 0.15) is 16.1 Å². The summed E-state index contributed by atoms with van der Waals surface area (Å²) < 4.78 is 10.6. The Kier molecular flexibility index (Phi) is 2.27. The number of rotatable bonds is 1. The monoisotopic (exact) mass is 246 g/mol. The van der Waals surface area contributed by atoms with Crippen molar-refractivity contribution in [2.24, 2.45) is 0 Å². The first-order chi connectivity index (χ1) is 8.24. The van der Waals surface area contributed by atoms with Crippen molar-refractivity contribution in [3.8, 4) is 5.75 Å². The zero-order valence-electron chi connectivity index (χ0n) is 8.64. The van der Waals surface area contributed by atoms with Crippen molar-refractivity contribution in [1.29, 1.82) is 0 Å². The molecule has 3 rings (SSSR count). The molecule has 1 aliphatic rings. The van der Waals surface area contributed by atoms with E-state index >= 15 is 0 Å². The summed E-state index contributed by atoms with van der Waals surface area (Å²) in [6.07, 6.45) is 3.10. The number of hydrogen-bond donors (Lipinski definition) is 0. The zero-order valence-corrected chi connectivity index (χ0v) is 9.40. The lowest BCUT2D eigenvalue weighted by molar-refractivity contribution is 0.101. The number of fused-ring (bicyclic) bond motifs is 1. The highest BCUT2D eigenvalue weighted by Crippen LogP contribution is 2.33. The molecule has 3 nitrogen and oxygen atoms in total. The maximum atomic E-state index is 12.0. The Hall–Kier alpha value is -2.00. The van der Waals surface area contributed by atoms with Gasteiger partial charge in [0.1, 0.15) is 11.5 Å². The van der Waals surface area contributed by atoms with E-state index in [2.05, 4.69) is 0 Å². The molecule has 0 saturated carbocycles. The fourth-order valence-electron chi connectivity index (χ4n) is 1.66. The maximum absolute atomic E-state index is 12.0. The maximum Gasteiger partial charge on any atom is 0.232 e. The Bertz CT molecular complexity index is 612.